The minimum atomic E-state index is -5.31. The summed E-state index contributed by atoms with van der Waals surface area (Å²) in [6, 6.07) is 0. The van der Waals surface area contributed by atoms with E-state index in [9.17, 15) is 27.3 Å². The largest absolute Gasteiger partial charge is 0.471 e. The number of carbonyl (C=O) groups is 2. The molecule has 7 nitrogen and oxygen atoms in total. The molecule has 0 saturated heterocycles. The summed E-state index contributed by atoms with van der Waals surface area (Å²) in [7, 11) is -4.42. The Morgan fingerprint density at radius 2 is 1.77 bits per heavy atom. The number of hydrogen-bond acceptors (Lipinski definition) is 6. The van der Waals surface area contributed by atoms with Gasteiger partial charge in [-0.05, 0) is 6.42 Å². The Hall–Kier alpha value is -0.540. The van der Waals surface area contributed by atoms with E-state index >= 15 is 0 Å². The van der Waals surface area contributed by atoms with E-state index in [1.165, 1.54) is 0 Å². The summed E-state index contributed by atoms with van der Waals surface area (Å²) in [5, 5.41) is 0. The molecule has 0 aliphatic rings. The van der Waals surface area contributed by atoms with Crippen LogP contribution in [0.25, 0.3) is 0 Å². The highest BCUT2D eigenvalue weighted by Gasteiger charge is 2.46. The average molecular weight is 390 g/mol. The molecular formula is C9H13Cl2F3NO6P. The molecular weight excluding hydrogens is 377 g/mol. The first-order valence-corrected chi connectivity index (χ1v) is 8.15. The SMILES string of the molecule is CCCCOC(=O)CN(CP(=O)(OCl)OCl)C(=O)C(F)(F)F. The first-order chi connectivity index (χ1) is 10.1. The first-order valence-electron chi connectivity index (χ1n) is 5.81. The highest BCUT2D eigenvalue weighted by atomic mass is 35.5. The van der Waals surface area contributed by atoms with Crippen molar-refractivity contribution in [3.8, 4) is 0 Å². The monoisotopic (exact) mass is 389 g/mol. The Balaban J connectivity index is 4.99. The number of unbranched alkanes of at least 4 members (excludes halogenated alkanes) is 1. The molecule has 0 aliphatic heterocycles. The molecule has 0 aromatic heterocycles. The van der Waals surface area contributed by atoms with Crippen LogP contribution in [0.1, 0.15) is 19.8 Å². The first kappa shape index (κ1) is 21.5. The maximum absolute atomic E-state index is 12.5. The van der Waals surface area contributed by atoms with Gasteiger partial charge in [0, 0.05) is 0 Å². The van der Waals surface area contributed by atoms with Crippen LogP contribution in [-0.2, 0) is 27.0 Å². The van der Waals surface area contributed by atoms with Crippen molar-refractivity contribution in [3.05, 3.63) is 0 Å². The smallest absolute Gasteiger partial charge is 0.464 e. The Labute approximate surface area is 134 Å². The summed E-state index contributed by atoms with van der Waals surface area (Å²) in [4.78, 5) is 22.5. The van der Waals surface area contributed by atoms with Crippen molar-refractivity contribution in [1.82, 2.24) is 4.90 Å². The number of hydrogen-bond donors (Lipinski definition) is 0. The topological polar surface area (TPSA) is 82.1 Å². The van der Waals surface area contributed by atoms with E-state index in [0.717, 1.165) is 0 Å². The maximum atomic E-state index is 12.5. The van der Waals surface area contributed by atoms with Gasteiger partial charge in [0.2, 0.25) is 0 Å². The molecule has 22 heavy (non-hydrogen) atoms. The number of amides is 1. The lowest BCUT2D eigenvalue weighted by molar-refractivity contribution is -0.186. The van der Waals surface area contributed by atoms with Crippen LogP contribution in [0.3, 0.4) is 0 Å². The van der Waals surface area contributed by atoms with Crippen LogP contribution in [0.15, 0.2) is 0 Å². The van der Waals surface area contributed by atoms with E-state index in [1.807, 2.05) is 0 Å². The number of esters is 1. The van der Waals surface area contributed by atoms with Crippen molar-refractivity contribution >= 4 is 43.2 Å². The lowest BCUT2D eigenvalue weighted by Gasteiger charge is -2.24. The van der Waals surface area contributed by atoms with Crippen LogP contribution in [0.2, 0.25) is 0 Å². The number of rotatable bonds is 9. The maximum Gasteiger partial charge on any atom is 0.471 e. The molecule has 0 spiro atoms. The number of carbonyl (C=O) groups excluding carboxylic acids is 2. The number of halogens is 5. The number of nitrogens with zero attached hydrogens (tertiary/aromatic N) is 1. The zero-order chi connectivity index (χ0) is 17.4. The molecule has 13 heteroatoms. The van der Waals surface area contributed by atoms with Gasteiger partial charge in [-0.1, -0.05) is 13.3 Å². The predicted molar refractivity (Wildman–Crippen MR) is 70.0 cm³/mol. The van der Waals surface area contributed by atoms with E-state index < -0.39 is 38.5 Å². The van der Waals surface area contributed by atoms with Crippen LogP contribution in [0, 0.1) is 0 Å². The highest BCUT2D eigenvalue weighted by Crippen LogP contribution is 2.51. The molecule has 0 fully saturated rings. The van der Waals surface area contributed by atoms with Gasteiger partial charge in [0.05, 0.1) is 30.3 Å². The molecule has 0 aliphatic carbocycles. The van der Waals surface area contributed by atoms with E-state index in [0.29, 0.717) is 12.8 Å². The zero-order valence-electron chi connectivity index (χ0n) is 11.3. The Morgan fingerprint density at radius 1 is 1.23 bits per heavy atom. The van der Waals surface area contributed by atoms with Crippen LogP contribution in [0.4, 0.5) is 13.2 Å². The normalized spacial score (nSPS) is 12.1. The molecule has 0 unspecified atom stereocenters. The van der Waals surface area contributed by atoms with Gasteiger partial charge < -0.3 is 9.64 Å². The van der Waals surface area contributed by atoms with Gasteiger partial charge >= 0.3 is 25.6 Å². The van der Waals surface area contributed by atoms with Gasteiger partial charge in [-0.25, -0.2) is 0 Å². The molecule has 0 saturated carbocycles. The number of alkyl halides is 3. The predicted octanol–water partition coefficient (Wildman–Crippen LogP) is 3.21. The second-order valence-corrected chi connectivity index (χ2v) is 6.57. The van der Waals surface area contributed by atoms with Crippen molar-refractivity contribution in [2.24, 2.45) is 0 Å². The summed E-state index contributed by atoms with van der Waals surface area (Å²) >= 11 is 9.61. The summed E-state index contributed by atoms with van der Waals surface area (Å²) in [6.07, 6.45) is -5.41. The fourth-order valence-corrected chi connectivity index (χ4v) is 2.43. The average Bonchev–Trinajstić information content (AvgIpc) is 2.45. The quantitative estimate of drug-likeness (QED) is 0.342. The molecule has 0 heterocycles. The molecule has 1 amide bonds. The van der Waals surface area contributed by atoms with Gasteiger partial charge in [0.15, 0.2) is 0 Å². The summed E-state index contributed by atoms with van der Waals surface area (Å²) < 4.78 is 61.3. The molecule has 0 rings (SSSR count). The molecule has 0 aromatic carbocycles. The zero-order valence-corrected chi connectivity index (χ0v) is 13.7. The third-order valence-electron chi connectivity index (χ3n) is 2.16. The second-order valence-electron chi connectivity index (χ2n) is 3.97. The van der Waals surface area contributed by atoms with Gasteiger partial charge in [0.25, 0.3) is 0 Å². The highest BCUT2D eigenvalue weighted by molar-refractivity contribution is 7.55. The molecule has 0 bridgehead atoms. The van der Waals surface area contributed by atoms with E-state index in [4.69, 9.17) is 23.7 Å². The van der Waals surface area contributed by atoms with Gasteiger partial charge in [-0.15, -0.1) is 0 Å². The molecule has 0 aromatic rings. The summed E-state index contributed by atoms with van der Waals surface area (Å²) in [5.41, 5.74) is 0. The van der Waals surface area contributed by atoms with Crippen molar-refractivity contribution in [3.63, 3.8) is 0 Å². The standard InChI is InChI=1S/C9H13Cl2F3NO6P/c1-2-3-4-19-7(16)5-15(8(17)9(12,13)14)6-22(18,20-10)21-11/h2-6H2,1H3. The molecule has 0 radical (unpaired) electrons. The minimum absolute atomic E-state index is 0.0287. The van der Waals surface area contributed by atoms with Crippen LogP contribution >= 0.6 is 31.3 Å². The van der Waals surface area contributed by atoms with E-state index in [1.54, 1.807) is 6.92 Å². The van der Waals surface area contributed by atoms with E-state index in [2.05, 4.69) is 12.9 Å². The lowest BCUT2D eigenvalue weighted by Crippen LogP contribution is -2.44. The fourth-order valence-electron chi connectivity index (χ4n) is 1.16. The van der Waals surface area contributed by atoms with Crippen molar-refractivity contribution in [1.29, 1.82) is 0 Å². The number of ether oxygens (including phenoxy) is 1. The van der Waals surface area contributed by atoms with Crippen molar-refractivity contribution < 1.29 is 40.2 Å². The minimum Gasteiger partial charge on any atom is -0.464 e. The van der Waals surface area contributed by atoms with Crippen molar-refractivity contribution in [2.45, 2.75) is 25.9 Å². The Bertz CT molecular complexity index is 428. The summed E-state index contributed by atoms with van der Waals surface area (Å²) in [5.74, 6) is -3.57. The fraction of sp³-hybridized carbons (Fsp3) is 0.778. The Morgan fingerprint density at radius 3 is 2.18 bits per heavy atom. The third kappa shape index (κ3) is 7.64. The van der Waals surface area contributed by atoms with Crippen LogP contribution in [-0.4, -0.2) is 42.4 Å². The third-order valence-corrected chi connectivity index (χ3v) is 4.53. The molecule has 0 N–H and O–H groups in total. The van der Waals surface area contributed by atoms with Gasteiger partial charge in [-0.3, -0.25) is 14.2 Å². The lowest BCUT2D eigenvalue weighted by atomic mass is 10.4. The van der Waals surface area contributed by atoms with Gasteiger partial charge in [0.1, 0.15) is 12.8 Å². The Kier molecular flexibility index (Phi) is 9.33. The molecule has 130 valence electrons. The summed E-state index contributed by atoms with van der Waals surface area (Å²) in [6.45, 7) is 0.658. The van der Waals surface area contributed by atoms with Crippen LogP contribution in [0.5, 0.6) is 0 Å². The molecule has 0 atom stereocenters. The van der Waals surface area contributed by atoms with Gasteiger partial charge in [-0.2, -0.15) is 21.3 Å². The van der Waals surface area contributed by atoms with E-state index in [-0.39, 0.29) is 11.5 Å². The van der Waals surface area contributed by atoms with Crippen LogP contribution < -0.4 is 0 Å². The van der Waals surface area contributed by atoms with Crippen molar-refractivity contribution in [2.75, 3.05) is 19.4 Å². The second kappa shape index (κ2) is 9.57.